The van der Waals surface area contributed by atoms with E-state index in [2.05, 4.69) is 10.6 Å². The first-order valence-corrected chi connectivity index (χ1v) is 9.53. The van der Waals surface area contributed by atoms with Crippen molar-refractivity contribution < 1.29 is 36.3 Å². The Balaban J connectivity index is 1.61. The van der Waals surface area contributed by atoms with Gasteiger partial charge >= 0.3 is 12.2 Å². The molecule has 2 aromatic rings. The van der Waals surface area contributed by atoms with Crippen molar-refractivity contribution in [2.45, 2.75) is 30.2 Å². The van der Waals surface area contributed by atoms with Crippen molar-refractivity contribution in [1.82, 2.24) is 16.0 Å². The van der Waals surface area contributed by atoms with Crippen LogP contribution in [0.3, 0.4) is 0 Å². The number of halogens is 5. The van der Waals surface area contributed by atoms with Crippen molar-refractivity contribution in [3.8, 4) is 11.1 Å². The highest BCUT2D eigenvalue weighted by atomic mass is 19.4. The van der Waals surface area contributed by atoms with Crippen molar-refractivity contribution in [3.63, 3.8) is 0 Å². The molecule has 2 fully saturated rings. The van der Waals surface area contributed by atoms with Gasteiger partial charge in [0.2, 0.25) is 0 Å². The first-order chi connectivity index (χ1) is 14.9. The highest BCUT2D eigenvalue weighted by Gasteiger charge is 2.68. The van der Waals surface area contributed by atoms with Gasteiger partial charge < -0.3 is 10.6 Å². The van der Waals surface area contributed by atoms with E-state index in [1.165, 1.54) is 0 Å². The van der Waals surface area contributed by atoms with Gasteiger partial charge in [0.05, 0.1) is 12.1 Å². The van der Waals surface area contributed by atoms with Crippen LogP contribution in [0.25, 0.3) is 11.1 Å². The Hall–Kier alpha value is -3.50. The van der Waals surface area contributed by atoms with E-state index < -0.39 is 53.2 Å². The molecule has 0 radical (unpaired) electrons. The molecule has 1 unspecified atom stereocenters. The van der Waals surface area contributed by atoms with Crippen LogP contribution in [0.5, 0.6) is 0 Å². The molecule has 0 aromatic heterocycles. The van der Waals surface area contributed by atoms with Crippen LogP contribution in [0.1, 0.15) is 28.8 Å². The Labute approximate surface area is 178 Å². The second-order valence-corrected chi connectivity index (χ2v) is 7.73. The predicted octanol–water partition coefficient (Wildman–Crippen LogP) is 3.32. The number of hydrogen-bond acceptors (Lipinski definition) is 3. The standard InChI is InChI=1S/C21H16F5N3O3/c22-13-5-6-14(15(9-13)11-1-3-12(4-2-11)21(24,25)26)16(30)27-10-20(19(23)7-8-19)17(31)28-18(32)29-20/h1-6,9H,7-8,10H2,(H,27,30)(H2,28,29,31,32). The quantitative estimate of drug-likeness (QED) is 0.480. The number of carbonyl (C=O) groups is 3. The van der Waals surface area contributed by atoms with E-state index in [9.17, 15) is 36.3 Å². The molecule has 1 saturated carbocycles. The van der Waals surface area contributed by atoms with E-state index in [1.807, 2.05) is 5.32 Å². The summed E-state index contributed by atoms with van der Waals surface area (Å²) in [7, 11) is 0. The molecule has 1 aliphatic carbocycles. The van der Waals surface area contributed by atoms with Gasteiger partial charge in [-0.2, -0.15) is 13.2 Å². The molecule has 2 aromatic carbocycles. The Morgan fingerprint density at radius 2 is 1.72 bits per heavy atom. The van der Waals surface area contributed by atoms with Crippen LogP contribution in [0.2, 0.25) is 0 Å². The SMILES string of the molecule is O=C1NC(=O)C(CNC(=O)c2ccc(F)cc2-c2ccc(C(F)(F)F)cc2)(C2(F)CC2)N1. The number of nitrogens with one attached hydrogen (secondary N) is 3. The molecule has 2 aliphatic rings. The average molecular weight is 453 g/mol. The van der Waals surface area contributed by atoms with E-state index in [0.717, 1.165) is 42.5 Å². The van der Waals surface area contributed by atoms with Gasteiger partial charge in [0.15, 0.2) is 5.54 Å². The third-order valence-electron chi connectivity index (χ3n) is 5.66. The van der Waals surface area contributed by atoms with Crippen LogP contribution in [-0.4, -0.2) is 35.6 Å². The lowest BCUT2D eigenvalue weighted by Crippen LogP contribution is -2.62. The average Bonchev–Trinajstić information content (AvgIpc) is 3.41. The maximum absolute atomic E-state index is 14.9. The molecule has 1 atom stereocenters. The van der Waals surface area contributed by atoms with Crippen LogP contribution in [-0.2, 0) is 11.0 Å². The van der Waals surface area contributed by atoms with Gasteiger partial charge in [-0.05, 0) is 54.3 Å². The molecule has 11 heteroatoms. The topological polar surface area (TPSA) is 87.3 Å². The minimum Gasteiger partial charge on any atom is -0.349 e. The molecule has 6 nitrogen and oxygen atoms in total. The number of benzene rings is 2. The normalized spacial score (nSPS) is 21.7. The molecule has 1 aliphatic heterocycles. The molecule has 3 N–H and O–H groups in total. The number of imide groups is 1. The lowest BCUT2D eigenvalue weighted by Gasteiger charge is -2.30. The highest BCUT2D eigenvalue weighted by molar-refractivity contribution is 6.09. The number of urea groups is 1. The van der Waals surface area contributed by atoms with Gasteiger partial charge in [-0.3, -0.25) is 14.9 Å². The molecule has 0 bridgehead atoms. The summed E-state index contributed by atoms with van der Waals surface area (Å²) >= 11 is 0. The van der Waals surface area contributed by atoms with Gasteiger partial charge in [-0.1, -0.05) is 12.1 Å². The van der Waals surface area contributed by atoms with E-state index in [1.54, 1.807) is 0 Å². The molecule has 32 heavy (non-hydrogen) atoms. The van der Waals surface area contributed by atoms with Gasteiger partial charge in [-0.25, -0.2) is 13.6 Å². The Kier molecular flexibility index (Phi) is 4.94. The third kappa shape index (κ3) is 3.67. The third-order valence-corrected chi connectivity index (χ3v) is 5.66. The summed E-state index contributed by atoms with van der Waals surface area (Å²) in [5.41, 5.74) is -4.86. The Bertz CT molecular complexity index is 1110. The molecule has 1 saturated heterocycles. The zero-order valence-corrected chi connectivity index (χ0v) is 16.3. The van der Waals surface area contributed by atoms with Crippen LogP contribution < -0.4 is 16.0 Å². The van der Waals surface area contributed by atoms with Crippen LogP contribution in [0.15, 0.2) is 42.5 Å². The van der Waals surface area contributed by atoms with E-state index in [4.69, 9.17) is 0 Å². The maximum atomic E-state index is 14.9. The molecule has 168 valence electrons. The summed E-state index contributed by atoms with van der Waals surface area (Å²) in [6, 6.07) is 6.00. The fourth-order valence-electron chi connectivity index (χ4n) is 3.73. The second-order valence-electron chi connectivity index (χ2n) is 7.73. The number of carbonyl (C=O) groups excluding carboxylic acids is 3. The molecular weight excluding hydrogens is 437 g/mol. The Morgan fingerprint density at radius 3 is 2.25 bits per heavy atom. The lowest BCUT2D eigenvalue weighted by atomic mass is 9.90. The summed E-state index contributed by atoms with van der Waals surface area (Å²) in [4.78, 5) is 36.7. The molecular formula is C21H16F5N3O3. The summed E-state index contributed by atoms with van der Waals surface area (Å²) < 4.78 is 67.2. The van der Waals surface area contributed by atoms with Crippen molar-refractivity contribution in [2.24, 2.45) is 0 Å². The first kappa shape index (κ1) is 21.7. The second kappa shape index (κ2) is 7.28. The zero-order chi connectivity index (χ0) is 23.3. The van der Waals surface area contributed by atoms with Crippen molar-refractivity contribution >= 4 is 17.8 Å². The van der Waals surface area contributed by atoms with Crippen molar-refractivity contribution in [2.75, 3.05) is 6.54 Å². The summed E-state index contributed by atoms with van der Waals surface area (Å²) in [5.74, 6) is -2.46. The minimum absolute atomic E-state index is 0.00608. The smallest absolute Gasteiger partial charge is 0.349 e. The number of alkyl halides is 4. The predicted molar refractivity (Wildman–Crippen MR) is 102 cm³/mol. The van der Waals surface area contributed by atoms with Crippen LogP contribution in [0, 0.1) is 5.82 Å². The molecule has 0 spiro atoms. The highest BCUT2D eigenvalue weighted by Crippen LogP contribution is 2.49. The minimum atomic E-state index is -4.56. The van der Waals surface area contributed by atoms with E-state index in [-0.39, 0.29) is 29.5 Å². The largest absolute Gasteiger partial charge is 0.416 e. The number of hydrogen-bond donors (Lipinski definition) is 3. The summed E-state index contributed by atoms with van der Waals surface area (Å²) in [6.45, 7) is -0.566. The zero-order valence-electron chi connectivity index (χ0n) is 16.3. The first-order valence-electron chi connectivity index (χ1n) is 9.53. The van der Waals surface area contributed by atoms with Crippen LogP contribution >= 0.6 is 0 Å². The monoisotopic (exact) mass is 453 g/mol. The van der Waals surface area contributed by atoms with E-state index in [0.29, 0.717) is 0 Å². The Morgan fingerprint density at radius 1 is 1.06 bits per heavy atom. The van der Waals surface area contributed by atoms with Gasteiger partial charge in [0.25, 0.3) is 11.8 Å². The lowest BCUT2D eigenvalue weighted by molar-refractivity contribution is -0.137. The molecule has 1 heterocycles. The number of rotatable bonds is 5. The molecule has 4 rings (SSSR count). The van der Waals surface area contributed by atoms with Gasteiger partial charge in [0, 0.05) is 5.56 Å². The van der Waals surface area contributed by atoms with Gasteiger partial charge in [0.1, 0.15) is 11.5 Å². The van der Waals surface area contributed by atoms with E-state index >= 15 is 0 Å². The van der Waals surface area contributed by atoms with Crippen molar-refractivity contribution in [1.29, 1.82) is 0 Å². The van der Waals surface area contributed by atoms with Crippen LogP contribution in [0.4, 0.5) is 26.7 Å². The molecule has 4 amide bonds. The summed E-state index contributed by atoms with van der Waals surface area (Å²) in [6.07, 6.45) is -4.53. The fraction of sp³-hybridized carbons (Fsp3) is 0.286. The maximum Gasteiger partial charge on any atom is 0.416 e. The van der Waals surface area contributed by atoms with Gasteiger partial charge in [-0.15, -0.1) is 0 Å². The van der Waals surface area contributed by atoms with Crippen molar-refractivity contribution in [3.05, 3.63) is 59.4 Å². The fourth-order valence-corrected chi connectivity index (χ4v) is 3.73. The number of amides is 4. The summed E-state index contributed by atoms with van der Waals surface area (Å²) in [5, 5.41) is 6.59.